The first-order chi connectivity index (χ1) is 7.69. The quantitative estimate of drug-likeness (QED) is 0.584. The van der Waals surface area contributed by atoms with E-state index in [9.17, 15) is 9.59 Å². The molecule has 1 saturated heterocycles. The molecule has 0 saturated carbocycles. The van der Waals surface area contributed by atoms with E-state index in [4.69, 9.17) is 9.47 Å². The summed E-state index contributed by atoms with van der Waals surface area (Å²) in [6, 6.07) is 0. The molecule has 6 heteroatoms. The topological polar surface area (TPSA) is 59.1 Å². The van der Waals surface area contributed by atoms with Gasteiger partial charge in [-0.25, -0.2) is 0 Å². The van der Waals surface area contributed by atoms with Crippen molar-refractivity contribution in [1.29, 1.82) is 0 Å². The molecule has 1 fully saturated rings. The number of ether oxygens (including phenoxy) is 2. The summed E-state index contributed by atoms with van der Waals surface area (Å²) >= 11 is 0. The molecule has 1 heterocycles. The fourth-order valence-electron chi connectivity index (χ4n) is 1.51. The van der Waals surface area contributed by atoms with Gasteiger partial charge in [0.05, 0.1) is 26.3 Å². The number of methoxy groups -OCH3 is 2. The van der Waals surface area contributed by atoms with Crippen molar-refractivity contribution in [3.63, 3.8) is 0 Å². The highest BCUT2D eigenvalue weighted by Crippen LogP contribution is 2.04. The van der Waals surface area contributed by atoms with Crippen LogP contribution in [-0.4, -0.2) is 75.2 Å². The first kappa shape index (κ1) is 12.9. The highest BCUT2D eigenvalue weighted by Gasteiger charge is 2.28. The highest BCUT2D eigenvalue weighted by atomic mass is 16.5. The second kappa shape index (κ2) is 6.44. The number of nitrogens with zero attached hydrogens (tertiary/aromatic N) is 2. The van der Waals surface area contributed by atoms with Gasteiger partial charge in [-0.2, -0.15) is 0 Å². The van der Waals surface area contributed by atoms with E-state index in [1.54, 1.807) is 14.2 Å². The fourth-order valence-corrected chi connectivity index (χ4v) is 1.51. The number of piperazine rings is 1. The Balaban J connectivity index is 2.43. The van der Waals surface area contributed by atoms with E-state index in [-0.39, 0.29) is 24.9 Å². The summed E-state index contributed by atoms with van der Waals surface area (Å²) in [5.41, 5.74) is 0. The van der Waals surface area contributed by atoms with Gasteiger partial charge in [0.15, 0.2) is 0 Å². The summed E-state index contributed by atoms with van der Waals surface area (Å²) < 4.78 is 9.76. The maximum absolute atomic E-state index is 11.7. The van der Waals surface area contributed by atoms with E-state index < -0.39 is 0 Å². The zero-order valence-electron chi connectivity index (χ0n) is 9.77. The molecule has 6 nitrogen and oxygen atoms in total. The average Bonchev–Trinajstić information content (AvgIpc) is 2.28. The van der Waals surface area contributed by atoms with E-state index in [1.807, 2.05) is 0 Å². The van der Waals surface area contributed by atoms with Crippen LogP contribution in [-0.2, 0) is 19.1 Å². The standard InChI is InChI=1S/C10H18N2O4/c1-15-5-3-11-7-10(14)12(4-6-16-2)8-9(11)13/h3-8H2,1-2H3. The van der Waals surface area contributed by atoms with Gasteiger partial charge in [-0.05, 0) is 0 Å². The van der Waals surface area contributed by atoms with Crippen LogP contribution in [0.2, 0.25) is 0 Å². The Morgan fingerprint density at radius 3 is 1.62 bits per heavy atom. The predicted octanol–water partition coefficient (Wildman–Crippen LogP) is -1.05. The Kier molecular flexibility index (Phi) is 5.21. The molecule has 0 aliphatic carbocycles. The summed E-state index contributed by atoms with van der Waals surface area (Å²) in [5, 5.41) is 0. The molecule has 0 bridgehead atoms. The van der Waals surface area contributed by atoms with Gasteiger partial charge in [0, 0.05) is 27.3 Å². The van der Waals surface area contributed by atoms with Crippen molar-refractivity contribution >= 4 is 11.8 Å². The lowest BCUT2D eigenvalue weighted by molar-refractivity contribution is -0.151. The van der Waals surface area contributed by atoms with E-state index in [0.29, 0.717) is 26.3 Å². The predicted molar refractivity (Wildman–Crippen MR) is 56.9 cm³/mol. The van der Waals surface area contributed by atoms with Gasteiger partial charge >= 0.3 is 0 Å². The van der Waals surface area contributed by atoms with Crippen LogP contribution in [0.3, 0.4) is 0 Å². The first-order valence-electron chi connectivity index (χ1n) is 5.22. The molecule has 1 aliphatic rings. The van der Waals surface area contributed by atoms with Gasteiger partial charge in [0.25, 0.3) is 0 Å². The summed E-state index contributed by atoms with van der Waals surface area (Å²) in [6.07, 6.45) is 0. The third-order valence-electron chi connectivity index (χ3n) is 2.49. The van der Waals surface area contributed by atoms with Crippen molar-refractivity contribution in [1.82, 2.24) is 9.80 Å². The number of hydrogen-bond acceptors (Lipinski definition) is 4. The maximum atomic E-state index is 11.7. The second-order valence-corrected chi connectivity index (χ2v) is 3.62. The molecule has 0 unspecified atom stereocenters. The zero-order valence-corrected chi connectivity index (χ0v) is 9.77. The molecule has 0 spiro atoms. The number of carbonyl (C=O) groups is 2. The Morgan fingerprint density at radius 1 is 0.938 bits per heavy atom. The molecular formula is C10H18N2O4. The summed E-state index contributed by atoms with van der Waals surface area (Å²) in [4.78, 5) is 26.4. The van der Waals surface area contributed by atoms with Crippen LogP contribution < -0.4 is 0 Å². The van der Waals surface area contributed by atoms with Crippen molar-refractivity contribution in [2.75, 3.05) is 53.6 Å². The number of amides is 2. The van der Waals surface area contributed by atoms with Gasteiger partial charge in [-0.15, -0.1) is 0 Å². The zero-order chi connectivity index (χ0) is 12.0. The minimum Gasteiger partial charge on any atom is -0.383 e. The van der Waals surface area contributed by atoms with E-state index in [0.717, 1.165) is 0 Å². The van der Waals surface area contributed by atoms with Crippen molar-refractivity contribution in [3.05, 3.63) is 0 Å². The first-order valence-corrected chi connectivity index (χ1v) is 5.22. The molecule has 1 rings (SSSR count). The van der Waals surface area contributed by atoms with E-state index >= 15 is 0 Å². The van der Waals surface area contributed by atoms with Crippen LogP contribution in [0.4, 0.5) is 0 Å². The van der Waals surface area contributed by atoms with Crippen LogP contribution >= 0.6 is 0 Å². The van der Waals surface area contributed by atoms with Gasteiger partial charge in [-0.1, -0.05) is 0 Å². The molecule has 16 heavy (non-hydrogen) atoms. The molecule has 0 atom stereocenters. The van der Waals surface area contributed by atoms with Gasteiger partial charge < -0.3 is 19.3 Å². The Hall–Kier alpha value is -1.14. The van der Waals surface area contributed by atoms with Crippen molar-refractivity contribution in [2.45, 2.75) is 0 Å². The molecule has 92 valence electrons. The Bertz CT molecular complexity index is 231. The molecule has 0 radical (unpaired) electrons. The second-order valence-electron chi connectivity index (χ2n) is 3.62. The largest absolute Gasteiger partial charge is 0.383 e. The third kappa shape index (κ3) is 3.46. The lowest BCUT2D eigenvalue weighted by Gasteiger charge is -2.33. The normalized spacial score (nSPS) is 17.1. The van der Waals surface area contributed by atoms with Crippen LogP contribution in [0.5, 0.6) is 0 Å². The lowest BCUT2D eigenvalue weighted by atomic mass is 10.3. The van der Waals surface area contributed by atoms with Crippen LogP contribution in [0.25, 0.3) is 0 Å². The average molecular weight is 230 g/mol. The van der Waals surface area contributed by atoms with E-state index in [2.05, 4.69) is 0 Å². The summed E-state index contributed by atoms with van der Waals surface area (Å²) in [6.45, 7) is 2.14. The lowest BCUT2D eigenvalue weighted by Crippen LogP contribution is -2.55. The van der Waals surface area contributed by atoms with Gasteiger partial charge in [0.2, 0.25) is 11.8 Å². The van der Waals surface area contributed by atoms with E-state index in [1.165, 1.54) is 9.80 Å². The van der Waals surface area contributed by atoms with Crippen LogP contribution in [0.15, 0.2) is 0 Å². The molecule has 0 aromatic rings. The van der Waals surface area contributed by atoms with Crippen molar-refractivity contribution in [3.8, 4) is 0 Å². The molecular weight excluding hydrogens is 212 g/mol. The SMILES string of the molecule is COCCN1CC(=O)N(CCOC)CC1=O. The van der Waals surface area contributed by atoms with Crippen LogP contribution in [0, 0.1) is 0 Å². The summed E-state index contributed by atoms with van der Waals surface area (Å²) in [5.74, 6) is -0.0690. The number of carbonyl (C=O) groups excluding carboxylic acids is 2. The fraction of sp³-hybridized carbons (Fsp3) is 0.800. The number of rotatable bonds is 6. The summed E-state index contributed by atoms with van der Waals surface area (Å²) in [7, 11) is 3.14. The van der Waals surface area contributed by atoms with Crippen molar-refractivity contribution in [2.24, 2.45) is 0 Å². The maximum Gasteiger partial charge on any atom is 0.242 e. The molecule has 1 aliphatic heterocycles. The molecule has 2 amide bonds. The van der Waals surface area contributed by atoms with Crippen molar-refractivity contribution < 1.29 is 19.1 Å². The minimum atomic E-state index is -0.0345. The van der Waals surface area contributed by atoms with Gasteiger partial charge in [0.1, 0.15) is 0 Å². The Labute approximate surface area is 95.1 Å². The third-order valence-corrected chi connectivity index (χ3v) is 2.49. The minimum absolute atomic E-state index is 0.0345. The Morgan fingerprint density at radius 2 is 1.31 bits per heavy atom. The molecule has 0 aromatic heterocycles. The van der Waals surface area contributed by atoms with Crippen LogP contribution in [0.1, 0.15) is 0 Å². The van der Waals surface area contributed by atoms with Gasteiger partial charge in [-0.3, -0.25) is 9.59 Å². The number of hydrogen-bond donors (Lipinski definition) is 0. The monoisotopic (exact) mass is 230 g/mol. The smallest absolute Gasteiger partial charge is 0.242 e. The highest BCUT2D eigenvalue weighted by molar-refractivity contribution is 5.92. The molecule has 0 N–H and O–H groups in total. The molecule has 0 aromatic carbocycles.